The minimum absolute atomic E-state index is 0.0766. The molecule has 2 rings (SSSR count). The van der Waals surface area contributed by atoms with Crippen LogP contribution in [0.15, 0.2) is 35.1 Å². The van der Waals surface area contributed by atoms with Crippen LogP contribution in [0.3, 0.4) is 0 Å². The van der Waals surface area contributed by atoms with E-state index in [1.807, 2.05) is 0 Å². The van der Waals surface area contributed by atoms with E-state index in [0.717, 1.165) is 10.7 Å². The zero-order chi connectivity index (χ0) is 20.3. The SMILES string of the molecule is Cc1cc(=O)c(C(=O)NC(C(=O)O)C(C)C)nn1-c1ccccc1[N+](=O)[O-]. The number of nitrogens with one attached hydrogen (secondary N) is 1. The summed E-state index contributed by atoms with van der Waals surface area (Å²) in [6.45, 7) is 4.72. The number of carboxylic acid groups (broad SMARTS) is 1. The maximum Gasteiger partial charge on any atom is 0.326 e. The van der Waals surface area contributed by atoms with Crippen LogP contribution >= 0.6 is 0 Å². The Balaban J connectivity index is 2.54. The van der Waals surface area contributed by atoms with Crippen molar-refractivity contribution in [2.45, 2.75) is 26.8 Å². The van der Waals surface area contributed by atoms with Gasteiger partial charge in [0, 0.05) is 17.8 Å². The van der Waals surface area contributed by atoms with Gasteiger partial charge < -0.3 is 10.4 Å². The van der Waals surface area contributed by atoms with Crippen molar-refractivity contribution in [3.8, 4) is 5.69 Å². The molecule has 0 fully saturated rings. The molecule has 1 aromatic heterocycles. The van der Waals surface area contributed by atoms with E-state index in [1.54, 1.807) is 19.9 Å². The van der Waals surface area contributed by atoms with Gasteiger partial charge in [-0.25, -0.2) is 9.48 Å². The van der Waals surface area contributed by atoms with Crippen LogP contribution in [-0.2, 0) is 4.79 Å². The van der Waals surface area contributed by atoms with Crippen molar-refractivity contribution in [1.82, 2.24) is 15.1 Å². The second-order valence-electron chi connectivity index (χ2n) is 6.19. The van der Waals surface area contributed by atoms with E-state index in [9.17, 15) is 29.6 Å². The smallest absolute Gasteiger partial charge is 0.326 e. The van der Waals surface area contributed by atoms with Crippen molar-refractivity contribution in [3.05, 3.63) is 62.1 Å². The zero-order valence-electron chi connectivity index (χ0n) is 14.9. The summed E-state index contributed by atoms with van der Waals surface area (Å²) in [6.07, 6.45) is 0. The number of hydrogen-bond acceptors (Lipinski definition) is 6. The molecule has 1 heterocycles. The Morgan fingerprint density at radius 1 is 1.30 bits per heavy atom. The lowest BCUT2D eigenvalue weighted by Gasteiger charge is -2.18. The fourth-order valence-electron chi connectivity index (χ4n) is 2.47. The predicted molar refractivity (Wildman–Crippen MR) is 95.0 cm³/mol. The quantitative estimate of drug-likeness (QED) is 0.572. The van der Waals surface area contributed by atoms with Gasteiger partial charge in [0.05, 0.1) is 4.92 Å². The minimum atomic E-state index is -1.25. The number of nitro groups is 1. The van der Waals surface area contributed by atoms with Crippen LogP contribution in [0, 0.1) is 23.0 Å². The molecular weight excluding hydrogens is 356 g/mol. The largest absolute Gasteiger partial charge is 0.480 e. The van der Waals surface area contributed by atoms with Crippen molar-refractivity contribution < 1.29 is 19.6 Å². The van der Waals surface area contributed by atoms with Crippen LogP contribution < -0.4 is 10.7 Å². The number of nitrogens with zero attached hydrogens (tertiary/aromatic N) is 3. The Bertz CT molecular complexity index is 966. The molecular formula is C17H18N4O6. The van der Waals surface area contributed by atoms with Gasteiger partial charge in [-0.3, -0.25) is 19.7 Å². The van der Waals surface area contributed by atoms with Gasteiger partial charge in [-0.15, -0.1) is 0 Å². The van der Waals surface area contributed by atoms with Gasteiger partial charge in [-0.2, -0.15) is 5.10 Å². The van der Waals surface area contributed by atoms with Crippen LogP contribution in [0.1, 0.15) is 30.0 Å². The van der Waals surface area contributed by atoms with Gasteiger partial charge in [0.2, 0.25) is 5.43 Å². The molecule has 0 saturated carbocycles. The number of benzene rings is 1. The first-order chi connectivity index (χ1) is 12.6. The number of aliphatic carboxylic acids is 1. The normalized spacial score (nSPS) is 11.9. The molecule has 2 aromatic rings. The molecule has 2 N–H and O–H groups in total. The summed E-state index contributed by atoms with van der Waals surface area (Å²) in [4.78, 5) is 46.5. The lowest BCUT2D eigenvalue weighted by molar-refractivity contribution is -0.384. The third-order valence-corrected chi connectivity index (χ3v) is 3.85. The first-order valence-electron chi connectivity index (χ1n) is 8.02. The molecule has 142 valence electrons. The van der Waals surface area contributed by atoms with Gasteiger partial charge in [-0.05, 0) is 18.9 Å². The molecule has 0 aliphatic carbocycles. The molecule has 0 aliphatic heterocycles. The molecule has 1 aromatic carbocycles. The average molecular weight is 374 g/mol. The van der Waals surface area contributed by atoms with Crippen LogP contribution in [-0.4, -0.2) is 37.7 Å². The molecule has 10 nitrogen and oxygen atoms in total. The van der Waals surface area contributed by atoms with Crippen molar-refractivity contribution in [3.63, 3.8) is 0 Å². The van der Waals surface area contributed by atoms with Gasteiger partial charge >= 0.3 is 5.97 Å². The fourth-order valence-corrected chi connectivity index (χ4v) is 2.47. The number of nitro benzene ring substituents is 1. The van der Waals surface area contributed by atoms with E-state index in [-0.39, 0.29) is 17.1 Å². The van der Waals surface area contributed by atoms with Gasteiger partial charge in [-0.1, -0.05) is 26.0 Å². The number of aryl methyl sites for hydroxylation is 1. The molecule has 10 heteroatoms. The summed E-state index contributed by atoms with van der Waals surface area (Å²) in [5.41, 5.74) is -1.16. The van der Waals surface area contributed by atoms with Gasteiger partial charge in [0.1, 0.15) is 11.7 Å². The topological polar surface area (TPSA) is 144 Å². The maximum atomic E-state index is 12.4. The van der Waals surface area contributed by atoms with Crippen LogP contribution in [0.4, 0.5) is 5.69 Å². The van der Waals surface area contributed by atoms with Crippen molar-refractivity contribution in [1.29, 1.82) is 0 Å². The highest BCUT2D eigenvalue weighted by atomic mass is 16.6. The Hall–Kier alpha value is -3.56. The summed E-state index contributed by atoms with van der Waals surface area (Å²) in [6, 6.07) is 5.64. The van der Waals surface area contributed by atoms with E-state index in [2.05, 4.69) is 10.4 Å². The molecule has 0 aliphatic rings. The van der Waals surface area contributed by atoms with Crippen LogP contribution in [0.5, 0.6) is 0 Å². The zero-order valence-corrected chi connectivity index (χ0v) is 14.9. The molecule has 0 radical (unpaired) electrons. The number of rotatable bonds is 6. The Morgan fingerprint density at radius 3 is 2.48 bits per heavy atom. The lowest BCUT2D eigenvalue weighted by atomic mass is 10.0. The average Bonchev–Trinajstić information content (AvgIpc) is 2.59. The van der Waals surface area contributed by atoms with Crippen LogP contribution in [0.25, 0.3) is 5.69 Å². The number of carbonyl (C=O) groups excluding carboxylic acids is 1. The van der Waals surface area contributed by atoms with E-state index in [0.29, 0.717) is 0 Å². The standard InChI is InChI=1S/C17H18N4O6/c1-9(2)14(17(24)25)18-16(23)15-13(22)8-10(3)20(19-15)11-6-4-5-7-12(11)21(26)27/h4-9,14H,1-3H3,(H,18,23)(H,24,25). The Labute approximate surface area is 153 Å². The highest BCUT2D eigenvalue weighted by Crippen LogP contribution is 2.22. The summed E-state index contributed by atoms with van der Waals surface area (Å²) >= 11 is 0. The third kappa shape index (κ3) is 4.17. The molecule has 1 amide bonds. The summed E-state index contributed by atoms with van der Waals surface area (Å²) in [7, 11) is 0. The molecule has 0 spiro atoms. The molecule has 1 atom stereocenters. The van der Waals surface area contributed by atoms with E-state index in [4.69, 9.17) is 0 Å². The van der Waals surface area contributed by atoms with Gasteiger partial charge in [0.25, 0.3) is 11.6 Å². The molecule has 0 bridgehead atoms. The van der Waals surface area contributed by atoms with E-state index < -0.39 is 39.9 Å². The minimum Gasteiger partial charge on any atom is -0.480 e. The number of para-hydroxylation sites is 2. The van der Waals surface area contributed by atoms with Crippen molar-refractivity contribution >= 4 is 17.6 Å². The highest BCUT2D eigenvalue weighted by Gasteiger charge is 2.26. The highest BCUT2D eigenvalue weighted by molar-refractivity contribution is 5.94. The number of aromatic nitrogens is 2. The van der Waals surface area contributed by atoms with Crippen molar-refractivity contribution in [2.75, 3.05) is 0 Å². The second-order valence-corrected chi connectivity index (χ2v) is 6.19. The molecule has 1 unspecified atom stereocenters. The summed E-state index contributed by atoms with van der Waals surface area (Å²) < 4.78 is 1.11. The summed E-state index contributed by atoms with van der Waals surface area (Å²) in [5, 5.41) is 26.6. The number of carboxylic acids is 1. The first-order valence-corrected chi connectivity index (χ1v) is 8.02. The first kappa shape index (κ1) is 19.8. The molecule has 0 saturated heterocycles. The number of amides is 1. The maximum absolute atomic E-state index is 12.4. The monoisotopic (exact) mass is 374 g/mol. The van der Waals surface area contributed by atoms with E-state index >= 15 is 0 Å². The number of hydrogen-bond donors (Lipinski definition) is 2. The predicted octanol–water partition coefficient (Wildman–Crippen LogP) is 1.29. The molecule has 27 heavy (non-hydrogen) atoms. The fraction of sp³-hybridized carbons (Fsp3) is 0.294. The van der Waals surface area contributed by atoms with Crippen LogP contribution in [0.2, 0.25) is 0 Å². The second kappa shape index (κ2) is 7.77. The Kier molecular flexibility index (Phi) is 5.69. The summed E-state index contributed by atoms with van der Waals surface area (Å²) in [5.74, 6) is -2.63. The van der Waals surface area contributed by atoms with Crippen molar-refractivity contribution in [2.24, 2.45) is 5.92 Å². The van der Waals surface area contributed by atoms with Gasteiger partial charge in [0.15, 0.2) is 5.69 Å². The number of carbonyl (C=O) groups is 2. The lowest BCUT2D eigenvalue weighted by Crippen LogP contribution is -2.46. The third-order valence-electron chi connectivity index (χ3n) is 3.85. The van der Waals surface area contributed by atoms with E-state index in [1.165, 1.54) is 25.1 Å². The Morgan fingerprint density at radius 2 is 1.93 bits per heavy atom.